The van der Waals surface area contributed by atoms with Crippen molar-refractivity contribution >= 4 is 22.6 Å². The van der Waals surface area contributed by atoms with Crippen molar-refractivity contribution in [2.45, 2.75) is 19.7 Å². The Morgan fingerprint density at radius 2 is 1.85 bits per heavy atom. The molecule has 2 nitrogen and oxygen atoms in total. The van der Waals surface area contributed by atoms with E-state index in [4.69, 9.17) is 11.6 Å². The number of hydrogen-bond donors (Lipinski definition) is 0. The Balaban J connectivity index is 2.37. The number of para-hydroxylation sites is 1. The van der Waals surface area contributed by atoms with E-state index in [1.165, 1.54) is 6.07 Å². The SMILES string of the molecule is Cc1cc(C)cc(-n2c(CCl)nc3c(F)cccc32)c1. The number of fused-ring (bicyclic) bond motifs is 1. The van der Waals surface area contributed by atoms with Gasteiger partial charge in [-0.1, -0.05) is 12.1 Å². The number of aryl methyl sites for hydroxylation is 2. The zero-order valence-corrected chi connectivity index (χ0v) is 12.1. The lowest BCUT2D eigenvalue weighted by atomic mass is 10.1. The van der Waals surface area contributed by atoms with Crippen LogP contribution in [0.5, 0.6) is 0 Å². The summed E-state index contributed by atoms with van der Waals surface area (Å²) in [6.45, 7) is 4.08. The summed E-state index contributed by atoms with van der Waals surface area (Å²) < 4.78 is 15.8. The van der Waals surface area contributed by atoms with Crippen molar-refractivity contribution in [3.63, 3.8) is 0 Å². The van der Waals surface area contributed by atoms with Crippen LogP contribution in [0.1, 0.15) is 17.0 Å². The van der Waals surface area contributed by atoms with Crippen molar-refractivity contribution in [3.05, 3.63) is 59.2 Å². The van der Waals surface area contributed by atoms with E-state index in [-0.39, 0.29) is 11.7 Å². The summed E-state index contributed by atoms with van der Waals surface area (Å²) in [5, 5.41) is 0. The highest BCUT2D eigenvalue weighted by atomic mass is 35.5. The fourth-order valence-corrected chi connectivity index (χ4v) is 2.75. The van der Waals surface area contributed by atoms with Crippen LogP contribution < -0.4 is 0 Å². The van der Waals surface area contributed by atoms with E-state index in [1.54, 1.807) is 6.07 Å². The molecule has 1 heterocycles. The van der Waals surface area contributed by atoms with Gasteiger partial charge in [0.15, 0.2) is 5.82 Å². The summed E-state index contributed by atoms with van der Waals surface area (Å²) in [6, 6.07) is 11.2. The van der Waals surface area contributed by atoms with E-state index in [0.29, 0.717) is 11.3 Å². The van der Waals surface area contributed by atoms with Crippen LogP contribution >= 0.6 is 11.6 Å². The summed E-state index contributed by atoms with van der Waals surface area (Å²) in [6.07, 6.45) is 0. The van der Waals surface area contributed by atoms with Crippen molar-refractivity contribution < 1.29 is 4.39 Å². The zero-order chi connectivity index (χ0) is 14.3. The van der Waals surface area contributed by atoms with E-state index in [1.807, 2.05) is 24.5 Å². The van der Waals surface area contributed by atoms with Crippen LogP contribution in [0.3, 0.4) is 0 Å². The molecule has 0 fully saturated rings. The van der Waals surface area contributed by atoms with E-state index in [2.05, 4.69) is 23.2 Å². The minimum Gasteiger partial charge on any atom is -0.295 e. The molecule has 0 radical (unpaired) electrons. The van der Waals surface area contributed by atoms with E-state index in [0.717, 1.165) is 22.3 Å². The van der Waals surface area contributed by atoms with Crippen molar-refractivity contribution in [1.82, 2.24) is 9.55 Å². The molecule has 0 aliphatic heterocycles. The number of benzene rings is 2. The second-order valence-corrected chi connectivity index (χ2v) is 5.22. The third kappa shape index (κ3) is 2.08. The lowest BCUT2D eigenvalue weighted by Crippen LogP contribution is -2.00. The van der Waals surface area contributed by atoms with Gasteiger partial charge < -0.3 is 0 Å². The van der Waals surface area contributed by atoms with Gasteiger partial charge in [0.2, 0.25) is 0 Å². The standard InChI is InChI=1S/C16H14ClFN2/c1-10-6-11(2)8-12(7-10)20-14-5-3-4-13(18)16(14)19-15(20)9-17/h3-8H,9H2,1-2H3. The van der Waals surface area contributed by atoms with Crippen LogP contribution in [0.15, 0.2) is 36.4 Å². The molecule has 0 N–H and O–H groups in total. The number of imidazole rings is 1. The van der Waals surface area contributed by atoms with Crippen molar-refractivity contribution in [2.24, 2.45) is 0 Å². The molecule has 20 heavy (non-hydrogen) atoms. The van der Waals surface area contributed by atoms with Gasteiger partial charge in [-0.15, -0.1) is 11.6 Å². The summed E-state index contributed by atoms with van der Waals surface area (Å²) in [5.41, 5.74) is 4.37. The lowest BCUT2D eigenvalue weighted by Gasteiger charge is -2.10. The maximum absolute atomic E-state index is 13.9. The molecule has 3 aromatic rings. The van der Waals surface area contributed by atoms with Crippen LogP contribution in [0, 0.1) is 19.7 Å². The van der Waals surface area contributed by atoms with Crippen LogP contribution in [0.2, 0.25) is 0 Å². The van der Waals surface area contributed by atoms with Crippen LogP contribution in [-0.4, -0.2) is 9.55 Å². The average Bonchev–Trinajstić information content (AvgIpc) is 2.77. The van der Waals surface area contributed by atoms with Gasteiger partial charge in [0, 0.05) is 5.69 Å². The van der Waals surface area contributed by atoms with E-state index in [9.17, 15) is 4.39 Å². The number of halogens is 2. The molecule has 0 unspecified atom stereocenters. The highest BCUT2D eigenvalue weighted by Gasteiger charge is 2.14. The molecule has 1 aromatic heterocycles. The smallest absolute Gasteiger partial charge is 0.151 e. The Hall–Kier alpha value is -1.87. The topological polar surface area (TPSA) is 17.8 Å². The Morgan fingerprint density at radius 1 is 1.15 bits per heavy atom. The van der Waals surface area contributed by atoms with Crippen LogP contribution in [0.4, 0.5) is 4.39 Å². The van der Waals surface area contributed by atoms with Crippen molar-refractivity contribution in [1.29, 1.82) is 0 Å². The Morgan fingerprint density at radius 3 is 2.50 bits per heavy atom. The number of alkyl halides is 1. The number of nitrogens with zero attached hydrogens (tertiary/aromatic N) is 2. The zero-order valence-electron chi connectivity index (χ0n) is 11.3. The monoisotopic (exact) mass is 288 g/mol. The second kappa shape index (κ2) is 4.91. The third-order valence-electron chi connectivity index (χ3n) is 3.29. The van der Waals surface area contributed by atoms with Gasteiger partial charge in [0.25, 0.3) is 0 Å². The summed E-state index contributed by atoms with van der Waals surface area (Å²) in [7, 11) is 0. The highest BCUT2D eigenvalue weighted by Crippen LogP contribution is 2.25. The molecular formula is C16H14ClFN2. The first-order valence-electron chi connectivity index (χ1n) is 6.40. The fraction of sp³-hybridized carbons (Fsp3) is 0.188. The van der Waals surface area contributed by atoms with E-state index < -0.39 is 0 Å². The predicted molar refractivity (Wildman–Crippen MR) is 80.1 cm³/mol. The Bertz CT molecular complexity index is 772. The minimum absolute atomic E-state index is 0.237. The van der Waals surface area contributed by atoms with Gasteiger partial charge in [-0.05, 0) is 49.2 Å². The highest BCUT2D eigenvalue weighted by molar-refractivity contribution is 6.17. The summed E-state index contributed by atoms with van der Waals surface area (Å²) in [4.78, 5) is 4.32. The molecule has 0 aliphatic rings. The van der Waals surface area contributed by atoms with Gasteiger partial charge >= 0.3 is 0 Å². The van der Waals surface area contributed by atoms with Crippen LogP contribution in [-0.2, 0) is 5.88 Å². The fourth-order valence-electron chi connectivity index (χ4n) is 2.57. The predicted octanol–water partition coefficient (Wildman–Crippen LogP) is 4.52. The first-order valence-corrected chi connectivity index (χ1v) is 6.94. The number of rotatable bonds is 2. The maximum Gasteiger partial charge on any atom is 0.151 e. The Kier molecular flexibility index (Phi) is 3.22. The quantitative estimate of drug-likeness (QED) is 0.634. The van der Waals surface area contributed by atoms with Gasteiger partial charge in [-0.25, -0.2) is 9.37 Å². The molecule has 0 saturated heterocycles. The molecule has 0 aliphatic carbocycles. The van der Waals surface area contributed by atoms with Gasteiger partial charge in [0.05, 0.1) is 11.4 Å². The molecule has 0 bridgehead atoms. The van der Waals surface area contributed by atoms with Gasteiger partial charge in [-0.3, -0.25) is 4.57 Å². The molecule has 2 aromatic carbocycles. The van der Waals surface area contributed by atoms with E-state index >= 15 is 0 Å². The molecule has 0 amide bonds. The van der Waals surface area contributed by atoms with Gasteiger partial charge in [-0.2, -0.15) is 0 Å². The average molecular weight is 289 g/mol. The Labute approximate surface area is 121 Å². The minimum atomic E-state index is -0.322. The molecule has 102 valence electrons. The molecule has 0 saturated carbocycles. The molecule has 0 atom stereocenters. The van der Waals surface area contributed by atoms with Gasteiger partial charge in [0.1, 0.15) is 11.3 Å². The molecule has 4 heteroatoms. The summed E-state index contributed by atoms with van der Waals surface area (Å²) >= 11 is 5.98. The van der Waals surface area contributed by atoms with Crippen molar-refractivity contribution in [2.75, 3.05) is 0 Å². The number of hydrogen-bond acceptors (Lipinski definition) is 1. The maximum atomic E-state index is 13.9. The molecule has 0 spiro atoms. The number of aromatic nitrogens is 2. The first kappa shape index (κ1) is 13.1. The molecular weight excluding hydrogens is 275 g/mol. The summed E-state index contributed by atoms with van der Waals surface area (Å²) in [5.74, 6) is 0.565. The normalized spacial score (nSPS) is 11.2. The third-order valence-corrected chi connectivity index (χ3v) is 3.53. The van der Waals surface area contributed by atoms with Crippen LogP contribution in [0.25, 0.3) is 16.7 Å². The van der Waals surface area contributed by atoms with Crippen molar-refractivity contribution in [3.8, 4) is 5.69 Å². The lowest BCUT2D eigenvalue weighted by molar-refractivity contribution is 0.637. The second-order valence-electron chi connectivity index (χ2n) is 4.95. The molecule has 3 rings (SSSR count). The largest absolute Gasteiger partial charge is 0.295 e. The first-order chi connectivity index (χ1) is 9.60.